The summed E-state index contributed by atoms with van der Waals surface area (Å²) in [6.45, 7) is 6.08. The molecule has 0 radical (unpaired) electrons. The molecule has 0 bridgehead atoms. The molecule has 0 aromatic carbocycles. The van der Waals surface area contributed by atoms with E-state index in [9.17, 15) is 0 Å². The lowest BCUT2D eigenvalue weighted by molar-refractivity contribution is 0.197. The van der Waals surface area contributed by atoms with Crippen LogP contribution in [0, 0.1) is 0 Å². The normalized spacial score (nSPS) is 22.9. The van der Waals surface area contributed by atoms with Crippen LogP contribution in [0.5, 0.6) is 0 Å². The van der Waals surface area contributed by atoms with Crippen LogP contribution in [0.2, 0.25) is 5.15 Å². The Kier molecular flexibility index (Phi) is 3.51. The summed E-state index contributed by atoms with van der Waals surface area (Å²) < 4.78 is 0. The first kappa shape index (κ1) is 10.8. The van der Waals surface area contributed by atoms with E-state index in [4.69, 9.17) is 11.6 Å². The summed E-state index contributed by atoms with van der Waals surface area (Å²) in [4.78, 5) is 10.6. The SMILES string of the molecule is C[C@H]1CN(Cc2nccnc2Cl)CCN1. The molecule has 1 aliphatic rings. The van der Waals surface area contributed by atoms with Crippen molar-refractivity contribution >= 4 is 11.6 Å². The molecule has 1 aromatic rings. The van der Waals surface area contributed by atoms with Crippen molar-refractivity contribution in [1.29, 1.82) is 0 Å². The van der Waals surface area contributed by atoms with Crippen LogP contribution in [0.3, 0.4) is 0 Å². The number of hydrogen-bond donors (Lipinski definition) is 1. The van der Waals surface area contributed by atoms with Crippen LogP contribution in [0.4, 0.5) is 0 Å². The fraction of sp³-hybridized carbons (Fsp3) is 0.600. The standard InChI is InChI=1S/C10H15ClN4/c1-8-6-15(5-4-12-8)7-9-10(11)14-3-2-13-9/h2-3,8,12H,4-7H2,1H3/t8-/m0/s1. The Balaban J connectivity index is 1.99. The van der Waals surface area contributed by atoms with Crippen molar-refractivity contribution in [3.8, 4) is 0 Å². The molecule has 5 heteroatoms. The third-order valence-corrected chi connectivity index (χ3v) is 2.87. The second-order valence-corrected chi connectivity index (χ2v) is 4.24. The maximum absolute atomic E-state index is 5.96. The Morgan fingerprint density at radius 1 is 1.53 bits per heavy atom. The summed E-state index contributed by atoms with van der Waals surface area (Å²) in [5.74, 6) is 0. The van der Waals surface area contributed by atoms with E-state index in [1.807, 2.05) is 0 Å². The van der Waals surface area contributed by atoms with Crippen LogP contribution >= 0.6 is 11.6 Å². The first-order valence-corrected chi connectivity index (χ1v) is 5.54. The maximum Gasteiger partial charge on any atom is 0.151 e. The van der Waals surface area contributed by atoms with Crippen LogP contribution in [-0.4, -0.2) is 40.5 Å². The molecule has 15 heavy (non-hydrogen) atoms. The molecule has 1 aliphatic heterocycles. The van der Waals surface area contributed by atoms with Crippen LogP contribution in [0.25, 0.3) is 0 Å². The molecule has 0 amide bonds. The number of hydrogen-bond acceptors (Lipinski definition) is 4. The second-order valence-electron chi connectivity index (χ2n) is 3.88. The fourth-order valence-corrected chi connectivity index (χ4v) is 1.99. The van der Waals surface area contributed by atoms with Crippen molar-refractivity contribution in [2.24, 2.45) is 0 Å². The zero-order valence-electron chi connectivity index (χ0n) is 8.78. The zero-order valence-corrected chi connectivity index (χ0v) is 9.54. The van der Waals surface area contributed by atoms with Gasteiger partial charge in [-0.2, -0.15) is 0 Å². The number of rotatable bonds is 2. The predicted octanol–water partition coefficient (Wildman–Crippen LogP) is 0.924. The number of nitrogens with zero attached hydrogens (tertiary/aromatic N) is 3. The number of piperazine rings is 1. The van der Waals surface area contributed by atoms with Gasteiger partial charge in [-0.25, -0.2) is 4.98 Å². The van der Waals surface area contributed by atoms with Crippen molar-refractivity contribution in [3.63, 3.8) is 0 Å². The van der Waals surface area contributed by atoms with Crippen molar-refractivity contribution in [1.82, 2.24) is 20.2 Å². The smallest absolute Gasteiger partial charge is 0.151 e. The van der Waals surface area contributed by atoms with Gasteiger partial charge in [0.1, 0.15) is 0 Å². The summed E-state index contributed by atoms with van der Waals surface area (Å²) >= 11 is 5.96. The van der Waals surface area contributed by atoms with Crippen molar-refractivity contribution in [2.45, 2.75) is 19.5 Å². The molecule has 1 fully saturated rings. The third kappa shape index (κ3) is 2.87. The molecule has 1 atom stereocenters. The average Bonchev–Trinajstić information content (AvgIpc) is 2.22. The lowest BCUT2D eigenvalue weighted by atomic mass is 10.2. The molecule has 1 saturated heterocycles. The third-order valence-electron chi connectivity index (χ3n) is 2.55. The predicted molar refractivity (Wildman–Crippen MR) is 59.8 cm³/mol. The zero-order chi connectivity index (χ0) is 10.7. The molecule has 82 valence electrons. The van der Waals surface area contributed by atoms with Crippen LogP contribution < -0.4 is 5.32 Å². The van der Waals surface area contributed by atoms with Crippen LogP contribution in [0.15, 0.2) is 12.4 Å². The Morgan fingerprint density at radius 2 is 2.33 bits per heavy atom. The number of aromatic nitrogens is 2. The van der Waals surface area contributed by atoms with Crippen molar-refractivity contribution < 1.29 is 0 Å². The minimum atomic E-state index is 0.517. The summed E-state index contributed by atoms with van der Waals surface area (Å²) in [5.41, 5.74) is 0.869. The van der Waals surface area contributed by atoms with Crippen molar-refractivity contribution in [2.75, 3.05) is 19.6 Å². The lowest BCUT2D eigenvalue weighted by Gasteiger charge is -2.31. The molecule has 0 spiro atoms. The van der Waals surface area contributed by atoms with E-state index in [-0.39, 0.29) is 0 Å². The van der Waals surface area contributed by atoms with Gasteiger partial charge in [-0.05, 0) is 6.92 Å². The maximum atomic E-state index is 5.96. The molecule has 0 saturated carbocycles. The van der Waals surface area contributed by atoms with E-state index in [0.717, 1.165) is 31.9 Å². The van der Waals surface area contributed by atoms with E-state index < -0.39 is 0 Å². The lowest BCUT2D eigenvalue weighted by Crippen LogP contribution is -2.48. The summed E-state index contributed by atoms with van der Waals surface area (Å²) in [6, 6.07) is 0.536. The second kappa shape index (κ2) is 4.88. The largest absolute Gasteiger partial charge is 0.312 e. The van der Waals surface area contributed by atoms with E-state index in [1.54, 1.807) is 12.4 Å². The van der Waals surface area contributed by atoms with Crippen molar-refractivity contribution in [3.05, 3.63) is 23.2 Å². The Labute approximate surface area is 94.7 Å². The number of halogens is 1. The highest BCUT2D eigenvalue weighted by atomic mass is 35.5. The van der Waals surface area contributed by atoms with E-state index in [0.29, 0.717) is 11.2 Å². The summed E-state index contributed by atoms with van der Waals surface area (Å²) in [6.07, 6.45) is 3.30. The quantitative estimate of drug-likeness (QED) is 0.815. The molecular formula is C10H15ClN4. The van der Waals surface area contributed by atoms with Gasteiger partial charge < -0.3 is 5.32 Å². The van der Waals surface area contributed by atoms with Gasteiger partial charge in [0, 0.05) is 44.6 Å². The minimum absolute atomic E-state index is 0.517. The van der Waals surface area contributed by atoms with Crippen LogP contribution in [-0.2, 0) is 6.54 Å². The molecule has 4 nitrogen and oxygen atoms in total. The first-order valence-electron chi connectivity index (χ1n) is 5.17. The van der Waals surface area contributed by atoms with Gasteiger partial charge in [-0.15, -0.1) is 0 Å². The van der Waals surface area contributed by atoms with Gasteiger partial charge in [-0.3, -0.25) is 9.88 Å². The van der Waals surface area contributed by atoms with E-state index in [1.165, 1.54) is 0 Å². The topological polar surface area (TPSA) is 41.1 Å². The molecule has 2 heterocycles. The summed E-state index contributed by atoms with van der Waals surface area (Å²) in [5, 5.41) is 3.92. The molecule has 0 aliphatic carbocycles. The van der Waals surface area contributed by atoms with Gasteiger partial charge in [0.2, 0.25) is 0 Å². The Hall–Kier alpha value is -0.710. The van der Waals surface area contributed by atoms with E-state index in [2.05, 4.69) is 27.1 Å². The van der Waals surface area contributed by atoms with Gasteiger partial charge >= 0.3 is 0 Å². The van der Waals surface area contributed by atoms with Gasteiger partial charge in [0.25, 0.3) is 0 Å². The van der Waals surface area contributed by atoms with Crippen LogP contribution in [0.1, 0.15) is 12.6 Å². The Morgan fingerprint density at radius 3 is 3.07 bits per heavy atom. The summed E-state index contributed by atoms with van der Waals surface area (Å²) in [7, 11) is 0. The fourth-order valence-electron chi connectivity index (χ4n) is 1.82. The highest BCUT2D eigenvalue weighted by Gasteiger charge is 2.17. The molecular weight excluding hydrogens is 212 g/mol. The number of nitrogens with one attached hydrogen (secondary N) is 1. The highest BCUT2D eigenvalue weighted by Crippen LogP contribution is 2.12. The monoisotopic (exact) mass is 226 g/mol. The highest BCUT2D eigenvalue weighted by molar-refractivity contribution is 6.29. The molecule has 2 rings (SSSR count). The molecule has 1 aromatic heterocycles. The van der Waals surface area contributed by atoms with Gasteiger partial charge in [0.05, 0.1) is 5.69 Å². The average molecular weight is 227 g/mol. The molecule has 0 unspecified atom stereocenters. The molecule has 1 N–H and O–H groups in total. The first-order chi connectivity index (χ1) is 7.25. The Bertz CT molecular complexity index is 331. The van der Waals surface area contributed by atoms with Gasteiger partial charge in [-0.1, -0.05) is 11.6 Å². The van der Waals surface area contributed by atoms with E-state index >= 15 is 0 Å². The minimum Gasteiger partial charge on any atom is -0.312 e. The van der Waals surface area contributed by atoms with Gasteiger partial charge in [0.15, 0.2) is 5.15 Å².